The van der Waals surface area contributed by atoms with Crippen LogP contribution < -0.4 is 4.74 Å². The average molecular weight is 385 g/mol. The Morgan fingerprint density at radius 2 is 1.72 bits per heavy atom. The Morgan fingerprint density at radius 1 is 1.00 bits per heavy atom. The maximum absolute atomic E-state index is 12.7. The SMILES string of the molecule is C=CCC(C)(C#N)c1ccc(OCc2cccc(-c3ccc(CF)cc3)c2)cc1. The molecule has 3 aromatic carbocycles. The lowest BCUT2D eigenvalue weighted by molar-refractivity contribution is 0.306. The Kier molecular flexibility index (Phi) is 6.46. The van der Waals surface area contributed by atoms with Crippen molar-refractivity contribution in [3.05, 3.63) is 102 Å². The molecule has 0 fully saturated rings. The van der Waals surface area contributed by atoms with E-state index in [0.29, 0.717) is 18.6 Å². The third-order valence-corrected chi connectivity index (χ3v) is 5.06. The highest BCUT2D eigenvalue weighted by molar-refractivity contribution is 5.64. The number of allylic oxidation sites excluding steroid dienone is 1. The topological polar surface area (TPSA) is 33.0 Å². The molecule has 0 saturated heterocycles. The van der Waals surface area contributed by atoms with Crippen LogP contribution in [0.25, 0.3) is 11.1 Å². The number of hydrogen-bond acceptors (Lipinski definition) is 2. The molecule has 0 aliphatic heterocycles. The molecule has 3 aromatic rings. The predicted octanol–water partition coefficient (Wildman–Crippen LogP) is 6.76. The van der Waals surface area contributed by atoms with Crippen LogP contribution in [0.15, 0.2) is 85.5 Å². The first-order valence-corrected chi connectivity index (χ1v) is 9.57. The maximum atomic E-state index is 12.7. The van der Waals surface area contributed by atoms with Gasteiger partial charge in [0, 0.05) is 0 Å². The summed E-state index contributed by atoms with van der Waals surface area (Å²) in [6.07, 6.45) is 2.37. The quantitative estimate of drug-likeness (QED) is 0.401. The molecule has 0 bridgehead atoms. The zero-order valence-corrected chi connectivity index (χ0v) is 16.6. The molecule has 1 atom stereocenters. The van der Waals surface area contributed by atoms with Crippen molar-refractivity contribution in [2.75, 3.05) is 0 Å². The zero-order valence-electron chi connectivity index (χ0n) is 16.6. The average Bonchev–Trinajstić information content (AvgIpc) is 2.78. The second-order valence-corrected chi connectivity index (χ2v) is 7.28. The molecule has 29 heavy (non-hydrogen) atoms. The number of hydrogen-bond donors (Lipinski definition) is 0. The van der Waals surface area contributed by atoms with Crippen molar-refractivity contribution < 1.29 is 9.13 Å². The number of nitrogens with zero attached hydrogens (tertiary/aromatic N) is 1. The van der Waals surface area contributed by atoms with Gasteiger partial charge in [-0.2, -0.15) is 5.26 Å². The van der Waals surface area contributed by atoms with Crippen LogP contribution >= 0.6 is 0 Å². The van der Waals surface area contributed by atoms with Gasteiger partial charge in [0.1, 0.15) is 19.0 Å². The van der Waals surface area contributed by atoms with E-state index in [1.807, 2.05) is 61.5 Å². The molecule has 0 radical (unpaired) electrons. The van der Waals surface area contributed by atoms with Gasteiger partial charge in [0.2, 0.25) is 0 Å². The van der Waals surface area contributed by atoms with Crippen molar-refractivity contribution >= 4 is 0 Å². The molecular weight excluding hydrogens is 361 g/mol. The van der Waals surface area contributed by atoms with Crippen LogP contribution in [0.5, 0.6) is 5.75 Å². The maximum Gasteiger partial charge on any atom is 0.119 e. The number of ether oxygens (including phenoxy) is 1. The molecule has 3 heteroatoms. The molecule has 0 heterocycles. The second kappa shape index (κ2) is 9.21. The highest BCUT2D eigenvalue weighted by Gasteiger charge is 2.24. The summed E-state index contributed by atoms with van der Waals surface area (Å²) in [4.78, 5) is 0. The van der Waals surface area contributed by atoms with Crippen molar-refractivity contribution in [2.24, 2.45) is 0 Å². The Labute approximate surface area is 171 Å². The lowest BCUT2D eigenvalue weighted by atomic mass is 9.81. The van der Waals surface area contributed by atoms with Crippen molar-refractivity contribution in [1.82, 2.24) is 0 Å². The van der Waals surface area contributed by atoms with Gasteiger partial charge in [-0.1, -0.05) is 60.7 Å². The molecule has 1 unspecified atom stereocenters. The Balaban J connectivity index is 1.68. The fraction of sp³-hybridized carbons (Fsp3) is 0.192. The Hall–Kier alpha value is -3.38. The van der Waals surface area contributed by atoms with Gasteiger partial charge in [-0.15, -0.1) is 6.58 Å². The Bertz CT molecular complexity index is 1000. The molecular formula is C26H24FNO. The first-order chi connectivity index (χ1) is 14.1. The van der Waals surface area contributed by atoms with Gasteiger partial charge in [0.25, 0.3) is 0 Å². The monoisotopic (exact) mass is 385 g/mol. The zero-order chi connectivity index (χ0) is 20.7. The second-order valence-electron chi connectivity index (χ2n) is 7.28. The number of benzene rings is 3. The van der Waals surface area contributed by atoms with Crippen molar-refractivity contribution in [1.29, 1.82) is 5.26 Å². The van der Waals surface area contributed by atoms with Crippen LogP contribution in [0.2, 0.25) is 0 Å². The summed E-state index contributed by atoms with van der Waals surface area (Å²) in [6, 6.07) is 25.6. The van der Waals surface area contributed by atoms with Gasteiger partial charge < -0.3 is 4.74 Å². The molecule has 0 amide bonds. The number of nitriles is 1. The van der Waals surface area contributed by atoms with Crippen LogP contribution in [0.1, 0.15) is 30.0 Å². The van der Waals surface area contributed by atoms with Crippen LogP contribution in [0, 0.1) is 11.3 Å². The molecule has 146 valence electrons. The van der Waals surface area contributed by atoms with E-state index in [-0.39, 0.29) is 0 Å². The third kappa shape index (κ3) is 4.92. The fourth-order valence-electron chi connectivity index (χ4n) is 3.23. The molecule has 0 aliphatic carbocycles. The molecule has 0 spiro atoms. The van der Waals surface area contributed by atoms with E-state index in [1.165, 1.54) is 0 Å². The normalized spacial score (nSPS) is 12.6. The first kappa shape index (κ1) is 20.4. The van der Waals surface area contributed by atoms with E-state index in [9.17, 15) is 9.65 Å². The number of alkyl halides is 1. The minimum Gasteiger partial charge on any atom is -0.489 e. The first-order valence-electron chi connectivity index (χ1n) is 9.57. The summed E-state index contributed by atoms with van der Waals surface area (Å²) < 4.78 is 18.6. The molecule has 0 N–H and O–H groups in total. The Morgan fingerprint density at radius 3 is 2.34 bits per heavy atom. The van der Waals surface area contributed by atoms with E-state index in [2.05, 4.69) is 18.7 Å². The lowest BCUT2D eigenvalue weighted by Gasteiger charge is -2.20. The number of rotatable bonds is 8. The van der Waals surface area contributed by atoms with E-state index < -0.39 is 12.1 Å². The molecule has 0 aromatic heterocycles. The summed E-state index contributed by atoms with van der Waals surface area (Å²) >= 11 is 0. The fourth-order valence-corrected chi connectivity index (χ4v) is 3.23. The van der Waals surface area contributed by atoms with Crippen LogP contribution in [0.4, 0.5) is 4.39 Å². The van der Waals surface area contributed by atoms with Gasteiger partial charge in [0.15, 0.2) is 0 Å². The largest absolute Gasteiger partial charge is 0.489 e. The minimum atomic E-state index is -0.577. The van der Waals surface area contributed by atoms with Gasteiger partial charge in [-0.3, -0.25) is 0 Å². The van der Waals surface area contributed by atoms with E-state index in [0.717, 1.165) is 28.0 Å². The molecule has 2 nitrogen and oxygen atoms in total. The summed E-state index contributed by atoms with van der Waals surface area (Å²) in [5.41, 5.74) is 4.22. The summed E-state index contributed by atoms with van der Waals surface area (Å²) in [5.74, 6) is 0.755. The van der Waals surface area contributed by atoms with E-state index >= 15 is 0 Å². The van der Waals surface area contributed by atoms with E-state index in [4.69, 9.17) is 4.74 Å². The number of halogens is 1. The molecule has 0 saturated carbocycles. The summed E-state index contributed by atoms with van der Waals surface area (Å²) in [5, 5.41) is 9.49. The lowest BCUT2D eigenvalue weighted by Crippen LogP contribution is -2.18. The smallest absolute Gasteiger partial charge is 0.119 e. The summed E-state index contributed by atoms with van der Waals surface area (Å²) in [7, 11) is 0. The van der Waals surface area contributed by atoms with E-state index in [1.54, 1.807) is 18.2 Å². The minimum absolute atomic E-state index is 0.442. The standard InChI is InChI=1S/C26H24FNO/c1-3-15-26(2,19-28)24-11-13-25(14-12-24)29-18-21-5-4-6-23(16-21)22-9-7-20(17-27)8-10-22/h3-14,16H,1,15,17-18H2,2H3. The van der Waals surface area contributed by atoms with Crippen LogP contribution in [-0.2, 0) is 18.7 Å². The van der Waals surface area contributed by atoms with Gasteiger partial charge in [0.05, 0.1) is 11.5 Å². The summed E-state index contributed by atoms with van der Waals surface area (Å²) in [6.45, 7) is 5.65. The van der Waals surface area contributed by atoms with Crippen LogP contribution in [0.3, 0.4) is 0 Å². The predicted molar refractivity (Wildman–Crippen MR) is 115 cm³/mol. The van der Waals surface area contributed by atoms with Gasteiger partial charge in [-0.05, 0) is 59.4 Å². The van der Waals surface area contributed by atoms with Crippen molar-refractivity contribution in [3.8, 4) is 22.9 Å². The third-order valence-electron chi connectivity index (χ3n) is 5.06. The van der Waals surface area contributed by atoms with Gasteiger partial charge >= 0.3 is 0 Å². The van der Waals surface area contributed by atoms with Gasteiger partial charge in [-0.25, -0.2) is 4.39 Å². The highest BCUT2D eigenvalue weighted by atomic mass is 19.1. The molecule has 3 rings (SSSR count). The van der Waals surface area contributed by atoms with Crippen molar-refractivity contribution in [3.63, 3.8) is 0 Å². The van der Waals surface area contributed by atoms with Crippen LogP contribution in [-0.4, -0.2) is 0 Å². The highest BCUT2D eigenvalue weighted by Crippen LogP contribution is 2.29. The van der Waals surface area contributed by atoms with Crippen molar-refractivity contribution in [2.45, 2.75) is 32.0 Å². The molecule has 0 aliphatic rings.